The van der Waals surface area contributed by atoms with Gasteiger partial charge in [-0.3, -0.25) is 10.1 Å². The predicted octanol–water partition coefficient (Wildman–Crippen LogP) is 2.18. The number of hydrogen-bond acceptors (Lipinski definition) is 3. The molecular weight excluding hydrogens is 256 g/mol. The van der Waals surface area contributed by atoms with Crippen molar-refractivity contribution in [2.75, 3.05) is 6.61 Å². The smallest absolute Gasteiger partial charge is 0.327 e. The minimum atomic E-state index is -1.38. The number of nitrogens with one attached hydrogen (secondary N) is 1. The van der Waals surface area contributed by atoms with E-state index in [0.29, 0.717) is 0 Å². The molecule has 0 saturated heterocycles. The third kappa shape index (κ3) is 4.17. The Labute approximate surface area is 110 Å². The lowest BCUT2D eigenvalue weighted by atomic mass is 10.0. The van der Waals surface area contributed by atoms with Gasteiger partial charge in [-0.1, -0.05) is 0 Å². The number of benzene rings is 1. The minimum absolute atomic E-state index is 0.0953. The van der Waals surface area contributed by atoms with Crippen molar-refractivity contribution < 1.29 is 23.4 Å². The largest absolute Gasteiger partial charge is 0.488 e. The molecule has 19 heavy (non-hydrogen) atoms. The molecular formula is C13H17F2NO3. The summed E-state index contributed by atoms with van der Waals surface area (Å²) in [6.07, 6.45) is 0. The van der Waals surface area contributed by atoms with E-state index in [1.165, 1.54) is 6.92 Å². The molecule has 0 bridgehead atoms. The summed E-state index contributed by atoms with van der Waals surface area (Å²) >= 11 is 0. The normalized spacial score (nSPS) is 14.2. The Bertz CT molecular complexity index is 465. The van der Waals surface area contributed by atoms with Gasteiger partial charge in [-0.05, 0) is 32.9 Å². The van der Waals surface area contributed by atoms with Gasteiger partial charge in [-0.25, -0.2) is 8.78 Å². The first-order valence-electron chi connectivity index (χ1n) is 5.83. The molecule has 0 radical (unpaired) electrons. The number of aliphatic carboxylic acids is 1. The highest BCUT2D eigenvalue weighted by atomic mass is 19.1. The number of halogens is 2. The molecule has 0 saturated carbocycles. The van der Waals surface area contributed by atoms with Gasteiger partial charge < -0.3 is 9.84 Å². The highest BCUT2D eigenvalue weighted by Crippen LogP contribution is 2.19. The van der Waals surface area contributed by atoms with Crippen molar-refractivity contribution in [3.63, 3.8) is 0 Å². The molecule has 106 valence electrons. The number of carboxylic acids is 1. The van der Waals surface area contributed by atoms with Crippen molar-refractivity contribution >= 4 is 5.97 Å². The summed E-state index contributed by atoms with van der Waals surface area (Å²) in [7, 11) is 0. The molecule has 0 aromatic heterocycles. The van der Waals surface area contributed by atoms with E-state index in [9.17, 15) is 18.7 Å². The fourth-order valence-electron chi connectivity index (χ4n) is 1.61. The zero-order valence-electron chi connectivity index (χ0n) is 11.0. The maximum absolute atomic E-state index is 13.3. The van der Waals surface area contributed by atoms with Crippen molar-refractivity contribution in [3.05, 3.63) is 29.8 Å². The number of hydrogen-bond donors (Lipinski definition) is 2. The molecule has 0 heterocycles. The van der Waals surface area contributed by atoms with Crippen LogP contribution in [0.1, 0.15) is 20.8 Å². The number of rotatable bonds is 6. The number of carboxylic acid groups (broad SMARTS) is 1. The van der Waals surface area contributed by atoms with Gasteiger partial charge in [0.05, 0.1) is 0 Å². The van der Waals surface area contributed by atoms with E-state index < -0.39 is 23.1 Å². The molecule has 0 amide bonds. The maximum atomic E-state index is 13.3. The quantitative estimate of drug-likeness (QED) is 0.834. The summed E-state index contributed by atoms with van der Waals surface area (Å²) < 4.78 is 31.4. The van der Waals surface area contributed by atoms with E-state index in [1.54, 1.807) is 13.8 Å². The Balaban J connectivity index is 2.82. The van der Waals surface area contributed by atoms with Crippen LogP contribution in [0.4, 0.5) is 8.78 Å². The first kappa shape index (κ1) is 15.4. The van der Waals surface area contributed by atoms with E-state index >= 15 is 0 Å². The molecule has 4 nitrogen and oxygen atoms in total. The lowest BCUT2D eigenvalue weighted by molar-refractivity contribution is -0.145. The van der Waals surface area contributed by atoms with E-state index in [2.05, 4.69) is 5.32 Å². The number of ether oxygens (including phenoxy) is 1. The van der Waals surface area contributed by atoms with Gasteiger partial charge in [-0.15, -0.1) is 0 Å². The average Bonchev–Trinajstić information content (AvgIpc) is 2.29. The summed E-state index contributed by atoms with van der Waals surface area (Å²) in [5.74, 6) is -2.82. The van der Waals surface area contributed by atoms with E-state index in [4.69, 9.17) is 4.74 Å². The average molecular weight is 273 g/mol. The monoisotopic (exact) mass is 273 g/mol. The fraction of sp³-hybridized carbons (Fsp3) is 0.462. The van der Waals surface area contributed by atoms with E-state index in [1.807, 2.05) is 0 Å². The van der Waals surface area contributed by atoms with Gasteiger partial charge in [-0.2, -0.15) is 0 Å². The van der Waals surface area contributed by atoms with Crippen LogP contribution >= 0.6 is 0 Å². The van der Waals surface area contributed by atoms with E-state index in [0.717, 1.165) is 18.2 Å². The molecule has 2 N–H and O–H groups in total. The van der Waals surface area contributed by atoms with Gasteiger partial charge in [0.25, 0.3) is 0 Å². The standard InChI is InChI=1S/C13H17F2NO3/c1-8(2)16-13(3,12(17)18)7-19-11-6-9(14)4-5-10(11)15/h4-6,8,16H,7H2,1-3H3,(H,17,18). The summed E-state index contributed by atoms with van der Waals surface area (Å²) in [6, 6.07) is 2.68. The first-order valence-corrected chi connectivity index (χ1v) is 5.83. The fourth-order valence-corrected chi connectivity index (χ4v) is 1.61. The van der Waals surface area contributed by atoms with Crippen LogP contribution in [-0.2, 0) is 4.79 Å². The molecule has 1 rings (SSSR count). The second kappa shape index (κ2) is 5.97. The molecule has 0 spiro atoms. The van der Waals surface area contributed by atoms with Crippen LogP contribution in [0.3, 0.4) is 0 Å². The first-order chi connectivity index (χ1) is 8.74. The third-order valence-electron chi connectivity index (χ3n) is 2.49. The highest BCUT2D eigenvalue weighted by molar-refractivity contribution is 5.78. The van der Waals surface area contributed by atoms with Crippen molar-refractivity contribution in [1.29, 1.82) is 0 Å². The highest BCUT2D eigenvalue weighted by Gasteiger charge is 2.34. The van der Waals surface area contributed by atoms with Crippen molar-refractivity contribution in [3.8, 4) is 5.75 Å². The van der Waals surface area contributed by atoms with Gasteiger partial charge in [0.2, 0.25) is 0 Å². The topological polar surface area (TPSA) is 58.6 Å². The van der Waals surface area contributed by atoms with Crippen LogP contribution in [0.2, 0.25) is 0 Å². The molecule has 0 aliphatic heterocycles. The van der Waals surface area contributed by atoms with Crippen LogP contribution in [0.5, 0.6) is 5.75 Å². The SMILES string of the molecule is CC(C)NC(C)(COc1cc(F)ccc1F)C(=O)O. The molecule has 1 unspecified atom stereocenters. The second-order valence-electron chi connectivity index (χ2n) is 4.80. The minimum Gasteiger partial charge on any atom is -0.488 e. The Kier molecular flexibility index (Phi) is 4.83. The zero-order chi connectivity index (χ0) is 14.6. The summed E-state index contributed by atoms with van der Waals surface area (Å²) in [5.41, 5.74) is -1.38. The summed E-state index contributed by atoms with van der Waals surface area (Å²) in [6.45, 7) is 4.67. The van der Waals surface area contributed by atoms with Gasteiger partial charge in [0, 0.05) is 12.1 Å². The Morgan fingerprint density at radius 2 is 2.11 bits per heavy atom. The van der Waals surface area contributed by atoms with Crippen molar-refractivity contribution in [2.24, 2.45) is 0 Å². The molecule has 0 aliphatic rings. The zero-order valence-corrected chi connectivity index (χ0v) is 11.0. The molecule has 1 aromatic rings. The van der Waals surface area contributed by atoms with Crippen LogP contribution < -0.4 is 10.1 Å². The van der Waals surface area contributed by atoms with Crippen LogP contribution in [0.15, 0.2) is 18.2 Å². The molecule has 1 aromatic carbocycles. The predicted molar refractivity (Wildman–Crippen MR) is 66.2 cm³/mol. The van der Waals surface area contributed by atoms with Gasteiger partial charge in [0.15, 0.2) is 11.6 Å². The Morgan fingerprint density at radius 1 is 1.47 bits per heavy atom. The van der Waals surface area contributed by atoms with E-state index in [-0.39, 0.29) is 18.4 Å². The van der Waals surface area contributed by atoms with Crippen molar-refractivity contribution in [1.82, 2.24) is 5.32 Å². The third-order valence-corrected chi connectivity index (χ3v) is 2.49. The molecule has 0 fully saturated rings. The summed E-state index contributed by atoms with van der Waals surface area (Å²) in [4.78, 5) is 11.2. The lowest BCUT2D eigenvalue weighted by Crippen LogP contribution is -2.56. The number of carbonyl (C=O) groups is 1. The molecule has 6 heteroatoms. The van der Waals surface area contributed by atoms with Crippen LogP contribution in [-0.4, -0.2) is 29.3 Å². The summed E-state index contributed by atoms with van der Waals surface area (Å²) in [5, 5.41) is 12.0. The Hall–Kier alpha value is -1.69. The van der Waals surface area contributed by atoms with Crippen LogP contribution in [0, 0.1) is 11.6 Å². The lowest BCUT2D eigenvalue weighted by Gasteiger charge is -2.28. The molecule has 0 aliphatic carbocycles. The molecule has 1 atom stereocenters. The Morgan fingerprint density at radius 3 is 2.63 bits per heavy atom. The van der Waals surface area contributed by atoms with Crippen LogP contribution in [0.25, 0.3) is 0 Å². The van der Waals surface area contributed by atoms with Gasteiger partial charge in [0.1, 0.15) is 18.0 Å². The van der Waals surface area contributed by atoms with Gasteiger partial charge >= 0.3 is 5.97 Å². The maximum Gasteiger partial charge on any atom is 0.327 e. The van der Waals surface area contributed by atoms with Crippen molar-refractivity contribution in [2.45, 2.75) is 32.4 Å². The second-order valence-corrected chi connectivity index (χ2v) is 4.80.